The van der Waals surface area contributed by atoms with Gasteiger partial charge in [0.15, 0.2) is 0 Å². The fraction of sp³-hybridized carbons (Fsp3) is 0.500. The summed E-state index contributed by atoms with van der Waals surface area (Å²) in [6, 6.07) is 5.58. The lowest BCUT2D eigenvalue weighted by Crippen LogP contribution is -2.45. The van der Waals surface area contributed by atoms with Gasteiger partial charge in [-0.2, -0.15) is 4.72 Å². The number of methoxy groups -OCH3 is 1. The van der Waals surface area contributed by atoms with Crippen LogP contribution in [0.4, 0.5) is 0 Å². The molecule has 0 saturated heterocycles. The molecule has 6 heteroatoms. The molecule has 0 aliphatic carbocycles. The zero-order valence-electron chi connectivity index (χ0n) is 12.2. The van der Waals surface area contributed by atoms with Gasteiger partial charge >= 0.3 is 5.97 Å². The van der Waals surface area contributed by atoms with E-state index in [1.807, 2.05) is 13.8 Å². The Morgan fingerprint density at radius 2 is 1.85 bits per heavy atom. The van der Waals surface area contributed by atoms with Crippen LogP contribution in [0.3, 0.4) is 0 Å². The number of carbonyl (C=O) groups excluding carboxylic acids is 1. The van der Waals surface area contributed by atoms with E-state index in [4.69, 9.17) is 0 Å². The highest BCUT2D eigenvalue weighted by molar-refractivity contribution is 7.89. The first-order valence-electron chi connectivity index (χ1n) is 6.48. The summed E-state index contributed by atoms with van der Waals surface area (Å²) in [7, 11) is -2.49. The molecule has 0 aliphatic heterocycles. The molecular formula is C14H21NO4S. The maximum absolute atomic E-state index is 12.3. The number of rotatable bonds is 6. The largest absolute Gasteiger partial charge is 0.468 e. The smallest absolute Gasteiger partial charge is 0.324 e. The summed E-state index contributed by atoms with van der Waals surface area (Å²) < 4.78 is 31.6. The highest BCUT2D eigenvalue weighted by Crippen LogP contribution is 2.15. The molecule has 2 atom stereocenters. The molecule has 0 bridgehead atoms. The highest BCUT2D eigenvalue weighted by Gasteiger charge is 2.30. The van der Waals surface area contributed by atoms with Crippen molar-refractivity contribution in [3.05, 3.63) is 29.8 Å². The van der Waals surface area contributed by atoms with E-state index in [1.54, 1.807) is 19.1 Å². The molecule has 0 aliphatic rings. The van der Waals surface area contributed by atoms with Gasteiger partial charge in [-0.3, -0.25) is 4.79 Å². The van der Waals surface area contributed by atoms with Crippen molar-refractivity contribution in [2.24, 2.45) is 5.92 Å². The lowest BCUT2D eigenvalue weighted by Gasteiger charge is -2.21. The molecular weight excluding hydrogens is 278 g/mol. The van der Waals surface area contributed by atoms with Crippen LogP contribution in [-0.4, -0.2) is 27.5 Å². The Kier molecular flexibility index (Phi) is 5.71. The molecule has 0 spiro atoms. The van der Waals surface area contributed by atoms with Crippen molar-refractivity contribution in [3.8, 4) is 0 Å². The molecule has 0 radical (unpaired) electrons. The van der Waals surface area contributed by atoms with Crippen molar-refractivity contribution in [3.63, 3.8) is 0 Å². The minimum Gasteiger partial charge on any atom is -0.468 e. The lowest BCUT2D eigenvalue weighted by atomic mass is 10.0. The lowest BCUT2D eigenvalue weighted by molar-refractivity contribution is -0.143. The van der Waals surface area contributed by atoms with Crippen LogP contribution in [0.1, 0.15) is 25.8 Å². The summed E-state index contributed by atoms with van der Waals surface area (Å²) in [5.74, 6) is -0.724. The monoisotopic (exact) mass is 299 g/mol. The van der Waals surface area contributed by atoms with Gasteiger partial charge in [-0.1, -0.05) is 38.0 Å². The minimum absolute atomic E-state index is 0.139. The van der Waals surface area contributed by atoms with Gasteiger partial charge in [0.1, 0.15) is 6.04 Å². The van der Waals surface area contributed by atoms with Crippen LogP contribution in [0, 0.1) is 12.8 Å². The number of benzene rings is 1. The number of aryl methyl sites for hydroxylation is 1. The zero-order chi connectivity index (χ0) is 15.3. The maximum atomic E-state index is 12.3. The van der Waals surface area contributed by atoms with Crippen molar-refractivity contribution in [1.29, 1.82) is 0 Å². The van der Waals surface area contributed by atoms with Gasteiger partial charge in [0, 0.05) is 0 Å². The second-order valence-electron chi connectivity index (χ2n) is 4.82. The molecule has 0 amide bonds. The Morgan fingerprint density at radius 3 is 2.30 bits per heavy atom. The third-order valence-corrected chi connectivity index (χ3v) is 4.74. The third kappa shape index (κ3) is 4.05. The Labute approximate surface area is 120 Å². The first kappa shape index (κ1) is 16.7. The van der Waals surface area contributed by atoms with Gasteiger partial charge in [0.2, 0.25) is 10.0 Å². The first-order valence-corrected chi connectivity index (χ1v) is 7.97. The topological polar surface area (TPSA) is 72.5 Å². The van der Waals surface area contributed by atoms with Gasteiger partial charge in [-0.15, -0.1) is 0 Å². The van der Waals surface area contributed by atoms with Gasteiger partial charge in [-0.05, 0) is 25.0 Å². The number of ether oxygens (including phenoxy) is 1. The number of esters is 1. The Balaban J connectivity index is 3.02. The van der Waals surface area contributed by atoms with E-state index in [1.165, 1.54) is 19.2 Å². The SMILES string of the molecule is CCC(C)C(NS(=O)(=O)c1ccc(C)cc1)C(=O)OC. The summed E-state index contributed by atoms with van der Waals surface area (Å²) >= 11 is 0. The van der Waals surface area contributed by atoms with E-state index in [9.17, 15) is 13.2 Å². The van der Waals surface area contributed by atoms with E-state index < -0.39 is 22.0 Å². The Morgan fingerprint density at radius 1 is 1.30 bits per heavy atom. The summed E-state index contributed by atoms with van der Waals surface area (Å²) in [5.41, 5.74) is 0.968. The fourth-order valence-corrected chi connectivity index (χ4v) is 3.01. The molecule has 1 N–H and O–H groups in total. The molecule has 1 aromatic carbocycles. The molecule has 0 heterocycles. The predicted molar refractivity (Wildman–Crippen MR) is 76.8 cm³/mol. The number of carbonyl (C=O) groups is 1. The number of nitrogens with one attached hydrogen (secondary N) is 1. The average molecular weight is 299 g/mol. The highest BCUT2D eigenvalue weighted by atomic mass is 32.2. The molecule has 112 valence electrons. The molecule has 0 saturated carbocycles. The third-order valence-electron chi connectivity index (χ3n) is 3.28. The van der Waals surface area contributed by atoms with E-state index in [0.717, 1.165) is 5.56 Å². The van der Waals surface area contributed by atoms with Crippen molar-refractivity contribution in [2.75, 3.05) is 7.11 Å². The Hall–Kier alpha value is -1.40. The van der Waals surface area contributed by atoms with Crippen LogP contribution < -0.4 is 4.72 Å². The second kappa shape index (κ2) is 6.85. The van der Waals surface area contributed by atoms with E-state index >= 15 is 0 Å². The van der Waals surface area contributed by atoms with Crippen molar-refractivity contribution in [1.82, 2.24) is 4.72 Å². The van der Waals surface area contributed by atoms with Gasteiger partial charge in [0.05, 0.1) is 12.0 Å². The molecule has 5 nitrogen and oxygen atoms in total. The maximum Gasteiger partial charge on any atom is 0.324 e. The average Bonchev–Trinajstić information content (AvgIpc) is 2.43. The van der Waals surface area contributed by atoms with E-state index in [-0.39, 0.29) is 10.8 Å². The quantitative estimate of drug-likeness (QED) is 0.814. The number of hydrogen-bond acceptors (Lipinski definition) is 4. The van der Waals surface area contributed by atoms with Gasteiger partial charge in [-0.25, -0.2) is 8.42 Å². The van der Waals surface area contributed by atoms with E-state index in [2.05, 4.69) is 9.46 Å². The van der Waals surface area contributed by atoms with E-state index in [0.29, 0.717) is 6.42 Å². The summed E-state index contributed by atoms with van der Waals surface area (Å²) in [4.78, 5) is 11.9. The molecule has 2 unspecified atom stereocenters. The molecule has 0 fully saturated rings. The second-order valence-corrected chi connectivity index (χ2v) is 6.53. The zero-order valence-corrected chi connectivity index (χ0v) is 13.0. The molecule has 20 heavy (non-hydrogen) atoms. The number of hydrogen-bond donors (Lipinski definition) is 1. The molecule has 1 rings (SSSR count). The number of sulfonamides is 1. The molecule has 0 aromatic heterocycles. The van der Waals surface area contributed by atoms with Gasteiger partial charge < -0.3 is 4.74 Å². The van der Waals surface area contributed by atoms with Crippen LogP contribution in [-0.2, 0) is 19.6 Å². The standard InChI is InChI=1S/C14H21NO4S/c1-5-11(3)13(14(16)19-4)15-20(17,18)12-8-6-10(2)7-9-12/h6-9,11,13,15H,5H2,1-4H3. The fourth-order valence-electron chi connectivity index (χ4n) is 1.71. The van der Waals surface area contributed by atoms with Crippen LogP contribution >= 0.6 is 0 Å². The normalized spacial score (nSPS) is 14.6. The minimum atomic E-state index is -3.74. The van der Waals surface area contributed by atoms with Crippen molar-refractivity contribution >= 4 is 16.0 Å². The summed E-state index contributed by atoms with van der Waals surface area (Å²) in [6.07, 6.45) is 0.663. The summed E-state index contributed by atoms with van der Waals surface area (Å²) in [5, 5.41) is 0. The molecule has 1 aromatic rings. The van der Waals surface area contributed by atoms with Crippen LogP contribution in [0.25, 0.3) is 0 Å². The summed E-state index contributed by atoms with van der Waals surface area (Å²) in [6.45, 7) is 5.57. The predicted octanol–water partition coefficient (Wildman–Crippen LogP) is 1.86. The van der Waals surface area contributed by atoms with Gasteiger partial charge in [0.25, 0.3) is 0 Å². The van der Waals surface area contributed by atoms with Crippen LogP contribution in [0.2, 0.25) is 0 Å². The van der Waals surface area contributed by atoms with Crippen molar-refractivity contribution < 1.29 is 17.9 Å². The first-order chi connectivity index (χ1) is 9.31. The van der Waals surface area contributed by atoms with Crippen molar-refractivity contribution in [2.45, 2.75) is 38.1 Å². The van der Waals surface area contributed by atoms with Crippen LogP contribution in [0.5, 0.6) is 0 Å². The van der Waals surface area contributed by atoms with Crippen LogP contribution in [0.15, 0.2) is 29.2 Å². The Bertz CT molecular complexity index is 551.